The van der Waals surface area contributed by atoms with Gasteiger partial charge in [0.2, 0.25) is 5.88 Å². The lowest BCUT2D eigenvalue weighted by atomic mass is 10.1. The molecule has 4 nitrogen and oxygen atoms in total. The molecule has 94 valence electrons. The number of hydrogen-bond donors (Lipinski definition) is 1. The van der Waals surface area contributed by atoms with Gasteiger partial charge in [-0.15, -0.1) is 0 Å². The van der Waals surface area contributed by atoms with Gasteiger partial charge in [-0.2, -0.15) is 4.98 Å². The first-order valence-electron chi connectivity index (χ1n) is 5.72. The maximum atomic E-state index is 10.1. The summed E-state index contributed by atoms with van der Waals surface area (Å²) in [4.78, 5) is 12.6. The number of fused-ring (bicyclic) bond motifs is 1. The Morgan fingerprint density at radius 1 is 1.11 bits per heavy atom. The van der Waals surface area contributed by atoms with Crippen LogP contribution in [0.25, 0.3) is 22.3 Å². The van der Waals surface area contributed by atoms with Gasteiger partial charge in [-0.1, -0.05) is 0 Å². The summed E-state index contributed by atoms with van der Waals surface area (Å²) in [5.41, 5.74) is 2.56. The summed E-state index contributed by atoms with van der Waals surface area (Å²) < 4.78 is 0.843. The molecule has 1 N–H and O–H groups in total. The predicted molar refractivity (Wildman–Crippen MR) is 76.9 cm³/mol. The summed E-state index contributed by atoms with van der Waals surface area (Å²) in [6.07, 6.45) is 3.34. The first-order chi connectivity index (χ1) is 9.15. The molecule has 3 rings (SSSR count). The van der Waals surface area contributed by atoms with Gasteiger partial charge in [0.1, 0.15) is 0 Å². The van der Waals surface area contributed by atoms with Crippen molar-refractivity contribution >= 4 is 26.8 Å². The minimum atomic E-state index is -0.0128. The van der Waals surface area contributed by atoms with Crippen molar-refractivity contribution in [2.24, 2.45) is 0 Å². The third-order valence-electron chi connectivity index (χ3n) is 2.82. The molecule has 1 aromatic carbocycles. The second-order valence-electron chi connectivity index (χ2n) is 4.25. The van der Waals surface area contributed by atoms with E-state index in [1.165, 1.54) is 0 Å². The molecular weight excluding hydrogens is 306 g/mol. The number of pyridine rings is 1. The van der Waals surface area contributed by atoms with Gasteiger partial charge in [-0.3, -0.25) is 4.98 Å². The molecular formula is C14H10BrN3O. The van der Waals surface area contributed by atoms with Crippen molar-refractivity contribution in [3.8, 4) is 17.3 Å². The van der Waals surface area contributed by atoms with Gasteiger partial charge < -0.3 is 5.11 Å². The summed E-state index contributed by atoms with van der Waals surface area (Å²) in [5.74, 6) is 0.471. The third kappa shape index (κ3) is 2.17. The van der Waals surface area contributed by atoms with Crippen LogP contribution in [-0.4, -0.2) is 20.1 Å². The van der Waals surface area contributed by atoms with E-state index in [0.29, 0.717) is 16.7 Å². The van der Waals surface area contributed by atoms with Crippen molar-refractivity contribution in [1.29, 1.82) is 0 Å². The van der Waals surface area contributed by atoms with Crippen LogP contribution in [0.1, 0.15) is 5.56 Å². The topological polar surface area (TPSA) is 58.9 Å². The zero-order valence-corrected chi connectivity index (χ0v) is 11.7. The first-order valence-corrected chi connectivity index (χ1v) is 6.52. The second-order valence-corrected chi connectivity index (χ2v) is 5.10. The van der Waals surface area contributed by atoms with Gasteiger partial charge >= 0.3 is 0 Å². The molecule has 0 amide bonds. The van der Waals surface area contributed by atoms with Crippen molar-refractivity contribution in [1.82, 2.24) is 15.0 Å². The van der Waals surface area contributed by atoms with Crippen LogP contribution in [0, 0.1) is 6.92 Å². The number of benzene rings is 1. The van der Waals surface area contributed by atoms with E-state index in [9.17, 15) is 5.11 Å². The van der Waals surface area contributed by atoms with Gasteiger partial charge in [0.05, 0.1) is 10.9 Å². The molecule has 0 saturated heterocycles. The first kappa shape index (κ1) is 12.0. The maximum Gasteiger partial charge on any atom is 0.222 e. The average Bonchev–Trinajstić information content (AvgIpc) is 2.41. The zero-order valence-electron chi connectivity index (χ0n) is 10.1. The van der Waals surface area contributed by atoms with Crippen LogP contribution in [-0.2, 0) is 0 Å². The summed E-state index contributed by atoms with van der Waals surface area (Å²) >= 11 is 3.47. The van der Waals surface area contributed by atoms with E-state index >= 15 is 0 Å². The number of aryl methyl sites for hydroxylation is 1. The van der Waals surface area contributed by atoms with Crippen LogP contribution in [0.15, 0.2) is 41.1 Å². The summed E-state index contributed by atoms with van der Waals surface area (Å²) in [7, 11) is 0. The van der Waals surface area contributed by atoms with Crippen molar-refractivity contribution < 1.29 is 5.11 Å². The molecule has 2 aromatic heterocycles. The third-order valence-corrected chi connectivity index (χ3v) is 3.42. The minimum absolute atomic E-state index is 0.0128. The molecule has 0 bridgehead atoms. The smallest absolute Gasteiger partial charge is 0.222 e. The SMILES string of the molecule is Cc1cc(Br)c2nc(-c3ccncc3)nc(O)c2c1. The fourth-order valence-electron chi connectivity index (χ4n) is 1.94. The fourth-order valence-corrected chi connectivity index (χ4v) is 2.60. The number of hydrogen-bond acceptors (Lipinski definition) is 4. The van der Waals surface area contributed by atoms with Crippen molar-refractivity contribution in [2.45, 2.75) is 6.92 Å². The summed E-state index contributed by atoms with van der Waals surface area (Å²) in [6.45, 7) is 1.96. The highest BCUT2D eigenvalue weighted by Crippen LogP contribution is 2.31. The Kier molecular flexibility index (Phi) is 2.91. The second kappa shape index (κ2) is 4.59. The van der Waals surface area contributed by atoms with Gasteiger partial charge in [0.15, 0.2) is 5.82 Å². The predicted octanol–water partition coefficient (Wildman–Crippen LogP) is 3.47. The van der Waals surface area contributed by atoms with Crippen LogP contribution in [0.4, 0.5) is 0 Å². The molecule has 19 heavy (non-hydrogen) atoms. The molecule has 3 aromatic rings. The van der Waals surface area contributed by atoms with Crippen LogP contribution < -0.4 is 0 Å². The van der Waals surface area contributed by atoms with Gasteiger partial charge in [0, 0.05) is 22.4 Å². The lowest BCUT2D eigenvalue weighted by Crippen LogP contribution is -1.93. The fraction of sp³-hybridized carbons (Fsp3) is 0.0714. The Hall–Kier alpha value is -2.01. The summed E-state index contributed by atoms with van der Waals surface area (Å²) in [6, 6.07) is 7.45. The molecule has 0 aliphatic heterocycles. The van der Waals surface area contributed by atoms with E-state index in [1.807, 2.05) is 31.2 Å². The Balaban J connectivity index is 2.31. The van der Waals surface area contributed by atoms with Crippen molar-refractivity contribution in [3.63, 3.8) is 0 Å². The largest absolute Gasteiger partial charge is 0.493 e. The highest BCUT2D eigenvalue weighted by atomic mass is 79.9. The number of aromatic nitrogens is 3. The van der Waals surface area contributed by atoms with E-state index in [1.54, 1.807) is 12.4 Å². The normalized spacial score (nSPS) is 10.8. The molecule has 0 aliphatic rings. The van der Waals surface area contributed by atoms with E-state index in [2.05, 4.69) is 30.9 Å². The number of nitrogens with zero attached hydrogens (tertiary/aromatic N) is 3. The Labute approximate surface area is 118 Å². The molecule has 0 atom stereocenters. The molecule has 0 saturated carbocycles. The van der Waals surface area contributed by atoms with Crippen LogP contribution in [0.2, 0.25) is 0 Å². The Morgan fingerprint density at radius 2 is 1.84 bits per heavy atom. The number of aromatic hydroxyl groups is 1. The maximum absolute atomic E-state index is 10.1. The van der Waals surface area contributed by atoms with E-state index in [4.69, 9.17) is 0 Å². The summed E-state index contributed by atoms with van der Waals surface area (Å²) in [5, 5.41) is 10.7. The lowest BCUT2D eigenvalue weighted by Gasteiger charge is -2.07. The van der Waals surface area contributed by atoms with Crippen LogP contribution >= 0.6 is 15.9 Å². The number of halogens is 1. The Bertz CT molecular complexity index is 759. The van der Waals surface area contributed by atoms with E-state index in [-0.39, 0.29) is 5.88 Å². The highest BCUT2D eigenvalue weighted by molar-refractivity contribution is 9.10. The molecule has 0 spiro atoms. The Morgan fingerprint density at radius 3 is 2.58 bits per heavy atom. The van der Waals surface area contributed by atoms with Gasteiger partial charge in [-0.25, -0.2) is 4.98 Å². The van der Waals surface area contributed by atoms with Crippen molar-refractivity contribution in [2.75, 3.05) is 0 Å². The van der Waals surface area contributed by atoms with Gasteiger partial charge in [-0.05, 0) is 52.7 Å². The lowest BCUT2D eigenvalue weighted by molar-refractivity contribution is 0.460. The van der Waals surface area contributed by atoms with Crippen LogP contribution in [0.5, 0.6) is 5.88 Å². The number of rotatable bonds is 1. The molecule has 5 heteroatoms. The monoisotopic (exact) mass is 315 g/mol. The van der Waals surface area contributed by atoms with E-state index in [0.717, 1.165) is 15.6 Å². The minimum Gasteiger partial charge on any atom is -0.493 e. The molecule has 0 unspecified atom stereocenters. The van der Waals surface area contributed by atoms with Gasteiger partial charge in [0.25, 0.3) is 0 Å². The average molecular weight is 316 g/mol. The zero-order chi connectivity index (χ0) is 13.4. The van der Waals surface area contributed by atoms with Crippen molar-refractivity contribution in [3.05, 3.63) is 46.7 Å². The standard InChI is InChI=1S/C14H10BrN3O/c1-8-6-10-12(11(15)7-8)17-13(18-14(10)19)9-2-4-16-5-3-9/h2-7H,1H3,(H,17,18,19). The molecule has 0 aliphatic carbocycles. The quantitative estimate of drug-likeness (QED) is 0.747. The van der Waals surface area contributed by atoms with E-state index < -0.39 is 0 Å². The highest BCUT2D eigenvalue weighted by Gasteiger charge is 2.11. The molecule has 0 fully saturated rings. The molecule has 0 radical (unpaired) electrons. The molecule has 2 heterocycles. The van der Waals surface area contributed by atoms with Crippen LogP contribution in [0.3, 0.4) is 0 Å².